The molecular formula is C15H31N. The van der Waals surface area contributed by atoms with Gasteiger partial charge in [0.25, 0.3) is 0 Å². The van der Waals surface area contributed by atoms with E-state index in [1.807, 2.05) is 0 Å². The van der Waals surface area contributed by atoms with Crippen LogP contribution in [-0.4, -0.2) is 12.6 Å². The van der Waals surface area contributed by atoms with Crippen molar-refractivity contribution in [3.8, 4) is 0 Å². The smallest absolute Gasteiger partial charge is 0.00695 e. The van der Waals surface area contributed by atoms with Gasteiger partial charge in [-0.25, -0.2) is 0 Å². The molecule has 0 spiro atoms. The Bertz CT molecular complexity index is 159. The van der Waals surface area contributed by atoms with Crippen molar-refractivity contribution in [2.45, 2.75) is 78.2 Å². The minimum atomic E-state index is 0.778. The first-order valence-electron chi connectivity index (χ1n) is 7.45. The zero-order valence-electron chi connectivity index (χ0n) is 11.6. The normalized spacial score (nSPS) is 19.5. The predicted molar refractivity (Wildman–Crippen MR) is 72.7 cm³/mol. The van der Waals surface area contributed by atoms with Crippen LogP contribution in [-0.2, 0) is 0 Å². The molecule has 0 aromatic heterocycles. The van der Waals surface area contributed by atoms with Gasteiger partial charge in [-0.1, -0.05) is 46.5 Å². The molecule has 1 unspecified atom stereocenters. The first-order valence-corrected chi connectivity index (χ1v) is 7.45. The summed E-state index contributed by atoms with van der Waals surface area (Å²) in [4.78, 5) is 0. The molecule has 1 fully saturated rings. The Morgan fingerprint density at radius 2 is 1.88 bits per heavy atom. The van der Waals surface area contributed by atoms with E-state index in [-0.39, 0.29) is 0 Å². The molecule has 1 rings (SSSR count). The van der Waals surface area contributed by atoms with Gasteiger partial charge >= 0.3 is 0 Å². The molecule has 0 bridgehead atoms. The molecule has 0 aliphatic heterocycles. The summed E-state index contributed by atoms with van der Waals surface area (Å²) < 4.78 is 0. The van der Waals surface area contributed by atoms with Crippen molar-refractivity contribution in [2.24, 2.45) is 11.8 Å². The van der Waals surface area contributed by atoms with Gasteiger partial charge in [-0.05, 0) is 44.1 Å². The quantitative estimate of drug-likeness (QED) is 0.647. The summed E-state index contributed by atoms with van der Waals surface area (Å²) >= 11 is 0. The number of nitrogens with one attached hydrogen (secondary N) is 1. The van der Waals surface area contributed by atoms with Crippen LogP contribution in [0.2, 0.25) is 0 Å². The Morgan fingerprint density at radius 1 is 1.19 bits per heavy atom. The third-order valence-corrected chi connectivity index (χ3v) is 3.84. The van der Waals surface area contributed by atoms with E-state index in [2.05, 4.69) is 26.1 Å². The lowest BCUT2D eigenvalue weighted by molar-refractivity contribution is 0.358. The van der Waals surface area contributed by atoms with Crippen LogP contribution in [0.15, 0.2) is 0 Å². The lowest BCUT2D eigenvalue weighted by Gasteiger charge is -2.22. The Morgan fingerprint density at radius 3 is 2.44 bits per heavy atom. The molecular weight excluding hydrogens is 194 g/mol. The van der Waals surface area contributed by atoms with Crippen molar-refractivity contribution in [2.75, 3.05) is 6.54 Å². The molecule has 1 saturated carbocycles. The molecule has 1 heteroatoms. The van der Waals surface area contributed by atoms with Gasteiger partial charge in [0.2, 0.25) is 0 Å². The maximum atomic E-state index is 3.72. The van der Waals surface area contributed by atoms with Crippen LogP contribution in [0, 0.1) is 11.8 Å². The summed E-state index contributed by atoms with van der Waals surface area (Å²) in [5.74, 6) is 1.89. The van der Waals surface area contributed by atoms with Crippen LogP contribution in [0.5, 0.6) is 0 Å². The van der Waals surface area contributed by atoms with Crippen LogP contribution in [0.4, 0.5) is 0 Å². The largest absolute Gasteiger partial charge is 0.314 e. The average Bonchev–Trinajstić information content (AvgIpc) is 2.74. The number of hydrogen-bond donors (Lipinski definition) is 1. The highest BCUT2D eigenvalue weighted by atomic mass is 14.9. The Balaban J connectivity index is 2.19. The molecule has 96 valence electrons. The van der Waals surface area contributed by atoms with Crippen LogP contribution in [0.3, 0.4) is 0 Å². The van der Waals surface area contributed by atoms with Gasteiger partial charge in [0, 0.05) is 6.04 Å². The van der Waals surface area contributed by atoms with Gasteiger partial charge < -0.3 is 5.32 Å². The van der Waals surface area contributed by atoms with E-state index in [1.54, 1.807) is 0 Å². The molecule has 0 radical (unpaired) electrons. The molecule has 16 heavy (non-hydrogen) atoms. The highest BCUT2D eigenvalue weighted by Gasteiger charge is 2.17. The van der Waals surface area contributed by atoms with Gasteiger partial charge in [-0.3, -0.25) is 0 Å². The van der Waals surface area contributed by atoms with Crippen LogP contribution >= 0.6 is 0 Å². The second-order valence-electron chi connectivity index (χ2n) is 6.01. The van der Waals surface area contributed by atoms with Crippen molar-refractivity contribution >= 4 is 0 Å². The Labute approximate surface area is 102 Å². The summed E-state index contributed by atoms with van der Waals surface area (Å²) in [7, 11) is 0. The van der Waals surface area contributed by atoms with Gasteiger partial charge in [0.05, 0.1) is 0 Å². The zero-order valence-corrected chi connectivity index (χ0v) is 11.6. The lowest BCUT2D eigenvalue weighted by atomic mass is 9.94. The highest BCUT2D eigenvalue weighted by molar-refractivity contribution is 4.73. The monoisotopic (exact) mass is 225 g/mol. The van der Waals surface area contributed by atoms with E-state index < -0.39 is 0 Å². The minimum Gasteiger partial charge on any atom is -0.314 e. The fourth-order valence-electron chi connectivity index (χ4n) is 2.96. The van der Waals surface area contributed by atoms with Crippen molar-refractivity contribution in [1.29, 1.82) is 0 Å². The van der Waals surface area contributed by atoms with Crippen LogP contribution < -0.4 is 5.32 Å². The highest BCUT2D eigenvalue weighted by Crippen LogP contribution is 2.29. The Hall–Kier alpha value is -0.0400. The zero-order chi connectivity index (χ0) is 11.8. The summed E-state index contributed by atoms with van der Waals surface area (Å²) in [6.07, 6.45) is 11.5. The molecule has 0 heterocycles. The van der Waals surface area contributed by atoms with Crippen molar-refractivity contribution in [1.82, 2.24) is 5.32 Å². The van der Waals surface area contributed by atoms with E-state index in [4.69, 9.17) is 0 Å². The maximum Gasteiger partial charge on any atom is 0.00695 e. The molecule has 1 atom stereocenters. The SMILES string of the molecule is CCCNC(CCC1CCCC1)CC(C)C. The summed E-state index contributed by atoms with van der Waals surface area (Å²) in [5.41, 5.74) is 0. The van der Waals surface area contributed by atoms with Gasteiger partial charge in [0.15, 0.2) is 0 Å². The molecule has 0 amide bonds. The summed E-state index contributed by atoms with van der Waals surface area (Å²) in [6, 6.07) is 0.778. The lowest BCUT2D eigenvalue weighted by Crippen LogP contribution is -2.31. The fraction of sp³-hybridized carbons (Fsp3) is 1.00. The van der Waals surface area contributed by atoms with Gasteiger partial charge in [0.1, 0.15) is 0 Å². The van der Waals surface area contributed by atoms with Crippen LogP contribution in [0.25, 0.3) is 0 Å². The molecule has 0 saturated heterocycles. The van der Waals surface area contributed by atoms with Gasteiger partial charge in [-0.2, -0.15) is 0 Å². The minimum absolute atomic E-state index is 0.778. The van der Waals surface area contributed by atoms with E-state index in [0.29, 0.717) is 0 Å². The molecule has 1 N–H and O–H groups in total. The summed E-state index contributed by atoms with van der Waals surface area (Å²) in [6.45, 7) is 8.14. The first-order chi connectivity index (χ1) is 7.72. The van der Waals surface area contributed by atoms with E-state index in [1.165, 1.54) is 57.9 Å². The molecule has 1 aliphatic carbocycles. The van der Waals surface area contributed by atoms with E-state index >= 15 is 0 Å². The summed E-state index contributed by atoms with van der Waals surface area (Å²) in [5, 5.41) is 3.72. The molecule has 0 aromatic rings. The van der Waals surface area contributed by atoms with Crippen LogP contribution in [0.1, 0.15) is 72.1 Å². The maximum absolute atomic E-state index is 3.72. The fourth-order valence-corrected chi connectivity index (χ4v) is 2.96. The standard InChI is InChI=1S/C15H31N/c1-4-11-16-15(12-13(2)3)10-9-14-7-5-6-8-14/h13-16H,4-12H2,1-3H3. The topological polar surface area (TPSA) is 12.0 Å². The van der Waals surface area contributed by atoms with E-state index in [0.717, 1.165) is 17.9 Å². The first kappa shape index (κ1) is 14.0. The average molecular weight is 225 g/mol. The molecule has 0 aromatic carbocycles. The third kappa shape index (κ3) is 5.89. The predicted octanol–water partition coefficient (Wildman–Crippen LogP) is 4.37. The van der Waals surface area contributed by atoms with Gasteiger partial charge in [-0.15, -0.1) is 0 Å². The number of hydrogen-bond acceptors (Lipinski definition) is 1. The van der Waals surface area contributed by atoms with Crippen molar-refractivity contribution in [3.63, 3.8) is 0 Å². The Kier molecular flexibility index (Phi) is 7.11. The second kappa shape index (κ2) is 8.11. The van der Waals surface area contributed by atoms with Crippen molar-refractivity contribution < 1.29 is 0 Å². The van der Waals surface area contributed by atoms with Crippen molar-refractivity contribution in [3.05, 3.63) is 0 Å². The van der Waals surface area contributed by atoms with E-state index in [9.17, 15) is 0 Å². The molecule has 1 aliphatic rings. The second-order valence-corrected chi connectivity index (χ2v) is 6.01. The third-order valence-electron chi connectivity index (χ3n) is 3.84. The molecule has 1 nitrogen and oxygen atoms in total. The number of rotatable bonds is 8.